The van der Waals surface area contributed by atoms with E-state index in [1.807, 2.05) is 30.5 Å². The number of hydrogen-bond donors (Lipinski definition) is 3. The number of halogens is 3. The molecule has 0 saturated carbocycles. The number of nitrogens with one attached hydrogen (secondary N) is 2. The van der Waals surface area contributed by atoms with Crippen LogP contribution in [-0.4, -0.2) is 98.5 Å². The first-order chi connectivity index (χ1) is 29.5. The molecule has 2 atom stereocenters. The van der Waals surface area contributed by atoms with Crippen molar-refractivity contribution in [2.45, 2.75) is 102 Å². The average Bonchev–Trinajstić information content (AvgIpc) is 3.86. The van der Waals surface area contributed by atoms with E-state index in [4.69, 9.17) is 38.8 Å². The van der Waals surface area contributed by atoms with Crippen molar-refractivity contribution >= 4 is 52.4 Å². The number of benzene rings is 2. The highest BCUT2D eigenvalue weighted by Gasteiger charge is 2.40. The van der Waals surface area contributed by atoms with Gasteiger partial charge in [0.1, 0.15) is 18.0 Å². The Hall–Kier alpha value is -4.76. The van der Waals surface area contributed by atoms with E-state index in [0.29, 0.717) is 46.9 Å². The van der Waals surface area contributed by atoms with Gasteiger partial charge in [-0.05, 0) is 82.4 Å². The first-order valence-corrected chi connectivity index (χ1v) is 22.4. The van der Waals surface area contributed by atoms with Gasteiger partial charge in [0.25, 0.3) is 5.91 Å². The molecule has 2 aromatic carbocycles. The number of carbonyl (C=O) groups is 3. The molecule has 0 spiro atoms. The molecule has 3 fully saturated rings. The van der Waals surface area contributed by atoms with E-state index in [1.165, 1.54) is 50.7 Å². The molecule has 4 aromatic rings. The highest BCUT2D eigenvalue weighted by atomic mass is 35.5. The van der Waals surface area contributed by atoms with Gasteiger partial charge in [-0.2, -0.15) is 5.10 Å². The van der Waals surface area contributed by atoms with Crippen LogP contribution in [0.1, 0.15) is 105 Å². The van der Waals surface area contributed by atoms with Gasteiger partial charge in [0.2, 0.25) is 11.8 Å². The highest BCUT2D eigenvalue weighted by molar-refractivity contribution is 6.36. The van der Waals surface area contributed by atoms with E-state index in [0.717, 1.165) is 74.5 Å². The lowest BCUT2D eigenvalue weighted by atomic mass is 10.0. The van der Waals surface area contributed by atoms with Crippen molar-refractivity contribution in [1.82, 2.24) is 34.8 Å². The summed E-state index contributed by atoms with van der Waals surface area (Å²) >= 11 is 12.5. The Morgan fingerprint density at radius 2 is 1.69 bits per heavy atom. The zero-order chi connectivity index (χ0) is 42.6. The standard InChI is InChI=1S/C45H54Cl2FN9O4/c1-28(41-35(46)11-12-36(48)42(41)47)61-39-21-29(22-50-43(39)49)30-23-51-57(24-30)32-15-19-54(20-16-32)17-6-4-2-3-5-7-18-55-25-31(26-55)52-37-10-8-9-33-34(37)27-56(45(33)60)38-13-14-40(58)53-44(38)59/h8-12,21-24,28,31-32,38,52H,2-7,13-20,25-27H2,1H3,(H2,49,50)(H,53,58,59). The third-order valence-corrected chi connectivity index (χ3v) is 13.3. The molecule has 0 bridgehead atoms. The van der Waals surface area contributed by atoms with Crippen LogP contribution in [0.25, 0.3) is 11.1 Å². The summed E-state index contributed by atoms with van der Waals surface area (Å²) in [5.74, 6) is -0.803. The minimum Gasteiger partial charge on any atom is -0.482 e. The monoisotopic (exact) mass is 873 g/mol. The molecule has 4 aliphatic heterocycles. The number of ether oxygens (including phenoxy) is 1. The molecule has 2 unspecified atom stereocenters. The minimum absolute atomic E-state index is 0.0790. The van der Waals surface area contributed by atoms with Crippen molar-refractivity contribution in [3.05, 3.63) is 87.5 Å². The molecule has 0 radical (unpaired) electrons. The maximum atomic E-state index is 14.2. The summed E-state index contributed by atoms with van der Waals surface area (Å²) in [7, 11) is 0. The van der Waals surface area contributed by atoms with E-state index in [9.17, 15) is 18.8 Å². The van der Waals surface area contributed by atoms with Crippen molar-refractivity contribution in [2.75, 3.05) is 50.3 Å². The van der Waals surface area contributed by atoms with Crippen molar-refractivity contribution in [3.8, 4) is 16.9 Å². The summed E-state index contributed by atoms with van der Waals surface area (Å²) in [4.78, 5) is 48.3. The largest absolute Gasteiger partial charge is 0.482 e. The second-order valence-corrected chi connectivity index (χ2v) is 17.6. The number of amides is 3. The third kappa shape index (κ3) is 9.83. The summed E-state index contributed by atoms with van der Waals surface area (Å²) in [6.45, 7) is 8.44. The maximum absolute atomic E-state index is 14.2. The van der Waals surface area contributed by atoms with Gasteiger partial charge >= 0.3 is 0 Å². The van der Waals surface area contributed by atoms with Crippen molar-refractivity contribution in [2.24, 2.45) is 0 Å². The molecule has 8 rings (SSSR count). The lowest BCUT2D eigenvalue weighted by Gasteiger charge is -2.40. The van der Waals surface area contributed by atoms with Crippen LogP contribution in [0, 0.1) is 5.82 Å². The number of anilines is 2. The molecule has 16 heteroatoms. The molecule has 2 aromatic heterocycles. The third-order valence-electron chi connectivity index (χ3n) is 12.6. The van der Waals surface area contributed by atoms with Crippen molar-refractivity contribution < 1.29 is 23.5 Å². The zero-order valence-corrected chi connectivity index (χ0v) is 36.1. The van der Waals surface area contributed by atoms with Gasteiger partial charge in [-0.15, -0.1) is 0 Å². The Kier molecular flexibility index (Phi) is 13.4. The summed E-state index contributed by atoms with van der Waals surface area (Å²) in [5.41, 5.74) is 10.8. The van der Waals surface area contributed by atoms with Crippen LogP contribution in [0.3, 0.4) is 0 Å². The first-order valence-electron chi connectivity index (χ1n) is 21.6. The molecule has 13 nitrogen and oxygen atoms in total. The van der Waals surface area contributed by atoms with E-state index in [2.05, 4.69) is 36.3 Å². The van der Waals surface area contributed by atoms with Gasteiger partial charge in [-0.3, -0.25) is 29.3 Å². The van der Waals surface area contributed by atoms with Gasteiger partial charge in [0, 0.05) is 90.1 Å². The van der Waals surface area contributed by atoms with Crippen molar-refractivity contribution in [1.29, 1.82) is 0 Å². The number of piperidine rings is 2. The summed E-state index contributed by atoms with van der Waals surface area (Å²) < 4.78 is 22.3. The number of rotatable bonds is 17. The fourth-order valence-electron chi connectivity index (χ4n) is 9.13. The molecule has 3 amide bonds. The molecule has 3 saturated heterocycles. The summed E-state index contributed by atoms with van der Waals surface area (Å²) in [6, 6.07) is 10.3. The van der Waals surface area contributed by atoms with E-state index < -0.39 is 18.0 Å². The molecular formula is C45H54Cl2FN9O4. The van der Waals surface area contributed by atoms with Crippen LogP contribution in [0.15, 0.2) is 55.0 Å². The Morgan fingerprint density at radius 3 is 2.44 bits per heavy atom. The minimum atomic E-state index is -0.659. The number of fused-ring (bicyclic) bond motifs is 1. The number of carbonyl (C=O) groups excluding carboxylic acids is 3. The van der Waals surface area contributed by atoms with Gasteiger partial charge < -0.3 is 25.6 Å². The number of nitrogens with zero attached hydrogens (tertiary/aromatic N) is 6. The molecular weight excluding hydrogens is 820 g/mol. The summed E-state index contributed by atoms with van der Waals surface area (Å²) in [5, 5.41) is 11.0. The van der Waals surface area contributed by atoms with Crippen LogP contribution >= 0.6 is 23.2 Å². The molecule has 324 valence electrons. The fourth-order valence-corrected chi connectivity index (χ4v) is 9.81. The normalized spacial score (nSPS) is 19.5. The molecule has 0 aliphatic carbocycles. The van der Waals surface area contributed by atoms with Crippen LogP contribution in [-0.2, 0) is 16.1 Å². The Balaban J connectivity index is 0.688. The number of likely N-dealkylation sites (tertiary alicyclic amines) is 2. The Labute approximate surface area is 366 Å². The quantitative estimate of drug-likeness (QED) is 0.0549. The van der Waals surface area contributed by atoms with Crippen LogP contribution in [0.2, 0.25) is 10.0 Å². The Bertz CT molecular complexity index is 2240. The number of pyridine rings is 1. The second-order valence-electron chi connectivity index (χ2n) is 16.9. The maximum Gasteiger partial charge on any atom is 0.255 e. The van der Waals surface area contributed by atoms with E-state index in [-0.39, 0.29) is 35.0 Å². The van der Waals surface area contributed by atoms with Gasteiger partial charge in [0.15, 0.2) is 11.6 Å². The van der Waals surface area contributed by atoms with Gasteiger partial charge in [-0.25, -0.2) is 9.37 Å². The lowest BCUT2D eigenvalue weighted by molar-refractivity contribution is -0.136. The number of nitrogen functional groups attached to an aromatic ring is 1. The number of aromatic nitrogens is 3. The zero-order valence-electron chi connectivity index (χ0n) is 34.6. The Morgan fingerprint density at radius 1 is 0.951 bits per heavy atom. The van der Waals surface area contributed by atoms with Crippen LogP contribution < -0.4 is 21.1 Å². The number of imide groups is 1. The first kappa shape index (κ1) is 42.9. The molecule has 6 heterocycles. The topological polar surface area (TPSA) is 151 Å². The molecule has 61 heavy (non-hydrogen) atoms. The smallest absolute Gasteiger partial charge is 0.255 e. The second kappa shape index (κ2) is 19.1. The SMILES string of the molecule is CC(Oc1cc(-c2cnn(C3CCN(CCCCCCCCN4CC(Nc5cccc6c5CN(C5CCC(=O)NC5=O)C6=O)C4)CC3)c2)cnc1N)c1c(Cl)ccc(F)c1Cl. The number of unbranched alkanes of at least 4 members (excludes halogenated alkanes) is 5. The number of nitrogens with two attached hydrogens (primary N) is 1. The summed E-state index contributed by atoms with van der Waals surface area (Å²) in [6.07, 6.45) is 15.1. The van der Waals surface area contributed by atoms with Crippen LogP contribution in [0.4, 0.5) is 15.9 Å². The predicted octanol–water partition coefficient (Wildman–Crippen LogP) is 7.65. The van der Waals surface area contributed by atoms with Gasteiger partial charge in [-0.1, -0.05) is 55.0 Å². The molecule has 4 N–H and O–H groups in total. The predicted molar refractivity (Wildman–Crippen MR) is 234 cm³/mol. The highest BCUT2D eigenvalue weighted by Crippen LogP contribution is 2.38. The fraction of sp³-hybridized carbons (Fsp3) is 0.489. The van der Waals surface area contributed by atoms with Crippen LogP contribution in [0.5, 0.6) is 5.75 Å². The van der Waals surface area contributed by atoms with Gasteiger partial charge in [0.05, 0.1) is 23.3 Å². The van der Waals surface area contributed by atoms with E-state index in [1.54, 1.807) is 18.0 Å². The molecule has 4 aliphatic rings. The number of hydrogen-bond acceptors (Lipinski definition) is 10. The van der Waals surface area contributed by atoms with E-state index >= 15 is 0 Å². The average molecular weight is 875 g/mol. The lowest BCUT2D eigenvalue weighted by Crippen LogP contribution is -2.54. The van der Waals surface area contributed by atoms with Crippen molar-refractivity contribution in [3.63, 3.8) is 0 Å².